The Morgan fingerprint density at radius 2 is 2.20 bits per heavy atom. The summed E-state index contributed by atoms with van der Waals surface area (Å²) < 4.78 is 6.36. The van der Waals surface area contributed by atoms with Crippen LogP contribution in [-0.4, -0.2) is 13.7 Å². The van der Waals surface area contributed by atoms with Gasteiger partial charge in [0.2, 0.25) is 0 Å². The van der Waals surface area contributed by atoms with Crippen molar-refractivity contribution in [3.63, 3.8) is 0 Å². The van der Waals surface area contributed by atoms with Crippen LogP contribution in [0.2, 0.25) is 0 Å². The highest BCUT2D eigenvalue weighted by molar-refractivity contribution is 9.10. The van der Waals surface area contributed by atoms with Crippen LogP contribution in [0.1, 0.15) is 30.9 Å². The van der Waals surface area contributed by atoms with Gasteiger partial charge in [0.15, 0.2) is 0 Å². The first-order valence-corrected chi connectivity index (χ1v) is 6.17. The lowest BCUT2D eigenvalue weighted by Crippen LogP contribution is -2.26. The number of methoxy groups -OCH3 is 1. The maximum Gasteiger partial charge on any atom is 0.120 e. The van der Waals surface area contributed by atoms with Gasteiger partial charge in [0.05, 0.1) is 7.11 Å². The minimum atomic E-state index is 0.491. The van der Waals surface area contributed by atoms with Crippen molar-refractivity contribution in [1.29, 1.82) is 0 Å². The zero-order valence-corrected chi connectivity index (χ0v) is 10.5. The van der Waals surface area contributed by atoms with E-state index in [-0.39, 0.29) is 0 Å². The van der Waals surface area contributed by atoms with Gasteiger partial charge in [0, 0.05) is 10.5 Å². The molecule has 1 aliphatic heterocycles. The van der Waals surface area contributed by atoms with Gasteiger partial charge in [-0.15, -0.1) is 0 Å². The van der Waals surface area contributed by atoms with Crippen molar-refractivity contribution in [3.05, 3.63) is 28.2 Å². The summed E-state index contributed by atoms with van der Waals surface area (Å²) in [5.74, 6) is 0.923. The van der Waals surface area contributed by atoms with E-state index in [0.29, 0.717) is 6.04 Å². The summed E-state index contributed by atoms with van der Waals surface area (Å²) in [7, 11) is 1.71. The highest BCUT2D eigenvalue weighted by Gasteiger charge is 2.15. The molecule has 1 heterocycles. The maximum absolute atomic E-state index is 5.27. The van der Waals surface area contributed by atoms with Gasteiger partial charge in [-0.3, -0.25) is 0 Å². The van der Waals surface area contributed by atoms with Gasteiger partial charge in [-0.1, -0.05) is 22.4 Å². The average Bonchev–Trinajstić information content (AvgIpc) is 2.29. The zero-order valence-electron chi connectivity index (χ0n) is 8.92. The monoisotopic (exact) mass is 269 g/mol. The summed E-state index contributed by atoms with van der Waals surface area (Å²) in [6.07, 6.45) is 3.83. The van der Waals surface area contributed by atoms with Gasteiger partial charge < -0.3 is 10.1 Å². The molecule has 0 aliphatic carbocycles. The first-order valence-electron chi connectivity index (χ1n) is 5.37. The Morgan fingerprint density at radius 1 is 1.33 bits per heavy atom. The van der Waals surface area contributed by atoms with Crippen molar-refractivity contribution in [2.45, 2.75) is 25.3 Å². The molecule has 1 N–H and O–H groups in total. The molecule has 0 unspecified atom stereocenters. The van der Waals surface area contributed by atoms with Crippen molar-refractivity contribution < 1.29 is 4.74 Å². The Bertz CT molecular complexity index is 334. The van der Waals surface area contributed by atoms with E-state index in [1.54, 1.807) is 7.11 Å². The number of rotatable bonds is 2. The van der Waals surface area contributed by atoms with Gasteiger partial charge in [0.25, 0.3) is 0 Å². The van der Waals surface area contributed by atoms with Crippen molar-refractivity contribution >= 4 is 15.9 Å². The highest BCUT2D eigenvalue weighted by atomic mass is 79.9. The fourth-order valence-electron chi connectivity index (χ4n) is 2.04. The molecule has 82 valence electrons. The number of ether oxygens (including phenoxy) is 1. The molecule has 1 saturated heterocycles. The fourth-order valence-corrected chi connectivity index (χ4v) is 2.53. The van der Waals surface area contributed by atoms with E-state index in [9.17, 15) is 0 Å². The third kappa shape index (κ3) is 2.73. The number of benzene rings is 1. The average molecular weight is 270 g/mol. The van der Waals surface area contributed by atoms with Crippen LogP contribution in [0.4, 0.5) is 0 Å². The number of hydrogen-bond donors (Lipinski definition) is 1. The minimum Gasteiger partial charge on any atom is -0.497 e. The molecule has 0 spiro atoms. The number of halogens is 1. The topological polar surface area (TPSA) is 21.3 Å². The fraction of sp³-hybridized carbons (Fsp3) is 0.500. The van der Waals surface area contributed by atoms with Crippen LogP contribution in [0, 0.1) is 0 Å². The molecule has 1 aromatic rings. The Morgan fingerprint density at radius 3 is 2.87 bits per heavy atom. The molecule has 0 amide bonds. The van der Waals surface area contributed by atoms with E-state index >= 15 is 0 Å². The molecule has 15 heavy (non-hydrogen) atoms. The quantitative estimate of drug-likeness (QED) is 0.890. The van der Waals surface area contributed by atoms with Crippen LogP contribution in [0.25, 0.3) is 0 Å². The van der Waals surface area contributed by atoms with Crippen molar-refractivity contribution in [2.75, 3.05) is 13.7 Å². The molecule has 1 aliphatic rings. The minimum absolute atomic E-state index is 0.491. The van der Waals surface area contributed by atoms with Crippen LogP contribution in [-0.2, 0) is 0 Å². The van der Waals surface area contributed by atoms with Gasteiger partial charge in [-0.2, -0.15) is 0 Å². The highest BCUT2D eigenvalue weighted by Crippen LogP contribution is 2.29. The second-order valence-corrected chi connectivity index (χ2v) is 4.84. The second-order valence-electron chi connectivity index (χ2n) is 3.93. The van der Waals surface area contributed by atoms with Crippen molar-refractivity contribution in [3.8, 4) is 5.75 Å². The predicted octanol–water partition coefficient (Wildman–Crippen LogP) is 3.27. The molecule has 1 atom stereocenters. The first kappa shape index (κ1) is 11.0. The number of hydrogen-bond acceptors (Lipinski definition) is 2. The number of nitrogens with one attached hydrogen (secondary N) is 1. The Balaban J connectivity index is 2.22. The third-order valence-corrected chi connectivity index (χ3v) is 3.30. The van der Waals surface area contributed by atoms with Crippen LogP contribution in [0.3, 0.4) is 0 Å². The van der Waals surface area contributed by atoms with E-state index in [0.717, 1.165) is 16.8 Å². The first-order chi connectivity index (χ1) is 7.29. The Labute approximate surface area is 99.1 Å². The second kappa shape index (κ2) is 4.99. The van der Waals surface area contributed by atoms with E-state index in [1.165, 1.54) is 24.8 Å². The lowest BCUT2D eigenvalue weighted by atomic mass is 9.97. The molecule has 0 saturated carbocycles. The smallest absolute Gasteiger partial charge is 0.120 e. The predicted molar refractivity (Wildman–Crippen MR) is 65.3 cm³/mol. The molecule has 3 heteroatoms. The SMILES string of the molecule is COc1cc(Br)cc([C@H]2CCCCN2)c1. The summed E-state index contributed by atoms with van der Waals surface area (Å²) in [5, 5.41) is 3.54. The van der Waals surface area contributed by atoms with Gasteiger partial charge in [-0.05, 0) is 43.1 Å². The molecule has 2 nitrogen and oxygen atoms in total. The van der Waals surface area contributed by atoms with Gasteiger partial charge >= 0.3 is 0 Å². The lowest BCUT2D eigenvalue weighted by molar-refractivity contribution is 0.400. The molecule has 0 aromatic heterocycles. The molecule has 2 rings (SSSR count). The Kier molecular flexibility index (Phi) is 3.65. The van der Waals surface area contributed by atoms with Crippen molar-refractivity contribution in [2.24, 2.45) is 0 Å². The molecular weight excluding hydrogens is 254 g/mol. The normalized spacial score (nSPS) is 21.3. The largest absolute Gasteiger partial charge is 0.497 e. The molecule has 1 aromatic carbocycles. The lowest BCUT2D eigenvalue weighted by Gasteiger charge is -2.24. The van der Waals surface area contributed by atoms with Crippen LogP contribution in [0.15, 0.2) is 22.7 Å². The molecular formula is C12H16BrNO. The maximum atomic E-state index is 5.27. The van der Waals surface area contributed by atoms with Gasteiger partial charge in [-0.25, -0.2) is 0 Å². The third-order valence-electron chi connectivity index (χ3n) is 2.84. The van der Waals surface area contributed by atoms with Crippen LogP contribution >= 0.6 is 15.9 Å². The zero-order chi connectivity index (χ0) is 10.7. The van der Waals surface area contributed by atoms with E-state index in [1.807, 2.05) is 6.07 Å². The molecule has 0 bridgehead atoms. The van der Waals surface area contributed by atoms with Gasteiger partial charge in [0.1, 0.15) is 5.75 Å². The summed E-state index contributed by atoms with van der Waals surface area (Å²) in [5.41, 5.74) is 1.32. The molecule has 0 radical (unpaired) electrons. The standard InChI is InChI=1S/C12H16BrNO/c1-15-11-7-9(6-10(13)8-11)12-4-2-3-5-14-12/h6-8,12,14H,2-5H2,1H3/t12-/m1/s1. The summed E-state index contributed by atoms with van der Waals surface area (Å²) in [4.78, 5) is 0. The summed E-state index contributed by atoms with van der Waals surface area (Å²) in [6, 6.07) is 6.77. The number of piperidine rings is 1. The van der Waals surface area contributed by atoms with E-state index in [4.69, 9.17) is 4.74 Å². The summed E-state index contributed by atoms with van der Waals surface area (Å²) >= 11 is 3.51. The van der Waals surface area contributed by atoms with E-state index < -0.39 is 0 Å². The van der Waals surface area contributed by atoms with Crippen LogP contribution < -0.4 is 10.1 Å². The van der Waals surface area contributed by atoms with Crippen molar-refractivity contribution in [1.82, 2.24) is 5.32 Å². The van der Waals surface area contributed by atoms with Crippen LogP contribution in [0.5, 0.6) is 5.75 Å². The Hall–Kier alpha value is -0.540. The molecule has 1 fully saturated rings. The summed E-state index contributed by atoms with van der Waals surface area (Å²) in [6.45, 7) is 1.12. The van der Waals surface area contributed by atoms with E-state index in [2.05, 4.69) is 33.4 Å².